The van der Waals surface area contributed by atoms with Crippen molar-refractivity contribution < 1.29 is 28.5 Å². The molecule has 2 aromatic carbocycles. The lowest BCUT2D eigenvalue weighted by atomic mass is 10.2. The third-order valence-electron chi connectivity index (χ3n) is 3.61. The quantitative estimate of drug-likeness (QED) is 0.504. The molecule has 0 aliphatic heterocycles. The summed E-state index contributed by atoms with van der Waals surface area (Å²) >= 11 is 6.05. The van der Waals surface area contributed by atoms with Crippen molar-refractivity contribution in [1.29, 1.82) is 0 Å². The molecule has 0 amide bonds. The van der Waals surface area contributed by atoms with E-state index in [9.17, 15) is 4.79 Å². The van der Waals surface area contributed by atoms with E-state index in [1.54, 1.807) is 48.7 Å². The number of ether oxygens (including phenoxy) is 3. The van der Waals surface area contributed by atoms with Crippen LogP contribution in [0.4, 0.5) is 0 Å². The summed E-state index contributed by atoms with van der Waals surface area (Å²) in [6.07, 6.45) is 3.71. The van der Waals surface area contributed by atoms with Crippen LogP contribution < -0.4 is 14.2 Å². The van der Waals surface area contributed by atoms with Gasteiger partial charge in [0.2, 0.25) is 5.89 Å². The third kappa shape index (κ3) is 5.65. The van der Waals surface area contributed by atoms with Crippen molar-refractivity contribution >= 4 is 17.6 Å². The number of halogens is 1. The van der Waals surface area contributed by atoms with Gasteiger partial charge >= 0.3 is 5.97 Å². The summed E-state index contributed by atoms with van der Waals surface area (Å²) in [5, 5.41) is 9.16. The molecule has 8 heteroatoms. The number of hydrogen-bond acceptors (Lipinski definition) is 6. The maximum atomic E-state index is 10.5. The highest BCUT2D eigenvalue weighted by Gasteiger charge is 2.11. The van der Waals surface area contributed by atoms with E-state index in [1.165, 1.54) is 6.26 Å². The maximum absolute atomic E-state index is 10.5. The minimum absolute atomic E-state index is 0.377. The summed E-state index contributed by atoms with van der Waals surface area (Å²) in [5.74, 6) is 1.19. The van der Waals surface area contributed by atoms with Crippen LogP contribution in [0.25, 0.3) is 11.5 Å². The number of carboxylic acid groups (broad SMARTS) is 1. The highest BCUT2D eigenvalue weighted by Crippen LogP contribution is 2.31. The molecule has 7 nitrogen and oxygen atoms in total. The monoisotopic (exact) mass is 403 g/mol. The van der Waals surface area contributed by atoms with E-state index in [1.807, 2.05) is 0 Å². The molecule has 3 aromatic rings. The highest BCUT2D eigenvalue weighted by molar-refractivity contribution is 6.30. The molecule has 0 radical (unpaired) electrons. The van der Waals surface area contributed by atoms with Crippen LogP contribution in [-0.2, 0) is 4.79 Å². The molecule has 0 bridgehead atoms. The summed E-state index contributed by atoms with van der Waals surface area (Å²) in [5.41, 5.74) is 0.690. The lowest BCUT2D eigenvalue weighted by molar-refractivity contribution is -0.139. The van der Waals surface area contributed by atoms with Crippen molar-refractivity contribution in [3.05, 3.63) is 59.9 Å². The van der Waals surface area contributed by atoms with E-state index in [-0.39, 0.29) is 6.61 Å². The number of benzene rings is 2. The maximum Gasteiger partial charge on any atom is 0.341 e. The standard InChI is InChI=1S/C20H18ClNO6/c21-14-2-7-18(17(12-14)20-22-8-11-27-20)26-10-1-9-25-15-3-5-16(6-4-15)28-13-19(23)24/h2-8,11-12H,1,9-10,13H2,(H,23,24). The summed E-state index contributed by atoms with van der Waals surface area (Å²) in [4.78, 5) is 14.6. The molecule has 0 aliphatic rings. The van der Waals surface area contributed by atoms with Crippen LogP contribution in [0.2, 0.25) is 5.02 Å². The van der Waals surface area contributed by atoms with Gasteiger partial charge in [0.05, 0.1) is 25.0 Å². The second-order valence-corrected chi connectivity index (χ2v) is 6.12. The minimum atomic E-state index is -1.02. The first-order chi connectivity index (χ1) is 13.6. The zero-order valence-electron chi connectivity index (χ0n) is 14.8. The molecular formula is C20H18ClNO6. The fourth-order valence-corrected chi connectivity index (χ4v) is 2.53. The Bertz CT molecular complexity index is 896. The van der Waals surface area contributed by atoms with Crippen molar-refractivity contribution in [3.8, 4) is 28.7 Å². The Morgan fingerprint density at radius 2 is 1.75 bits per heavy atom. The predicted molar refractivity (Wildman–Crippen MR) is 102 cm³/mol. The van der Waals surface area contributed by atoms with Gasteiger partial charge in [-0.15, -0.1) is 0 Å². The van der Waals surface area contributed by atoms with E-state index in [4.69, 9.17) is 35.3 Å². The molecule has 3 rings (SSSR count). The van der Waals surface area contributed by atoms with Gasteiger partial charge in [0.15, 0.2) is 6.61 Å². The van der Waals surface area contributed by atoms with Crippen LogP contribution >= 0.6 is 11.6 Å². The molecule has 0 spiro atoms. The number of hydrogen-bond donors (Lipinski definition) is 1. The van der Waals surface area contributed by atoms with Gasteiger partial charge in [-0.05, 0) is 42.5 Å². The third-order valence-corrected chi connectivity index (χ3v) is 3.84. The Morgan fingerprint density at radius 1 is 1.04 bits per heavy atom. The number of nitrogens with zero attached hydrogens (tertiary/aromatic N) is 1. The molecule has 0 aliphatic carbocycles. The van der Waals surface area contributed by atoms with Gasteiger partial charge in [-0.3, -0.25) is 0 Å². The first-order valence-corrected chi connectivity index (χ1v) is 8.89. The van der Waals surface area contributed by atoms with Crippen molar-refractivity contribution in [1.82, 2.24) is 4.98 Å². The summed E-state index contributed by atoms with van der Waals surface area (Å²) in [6.45, 7) is 0.518. The van der Waals surface area contributed by atoms with E-state index < -0.39 is 5.97 Å². The van der Waals surface area contributed by atoms with E-state index in [0.29, 0.717) is 53.4 Å². The fourth-order valence-electron chi connectivity index (χ4n) is 2.36. The zero-order valence-corrected chi connectivity index (χ0v) is 15.6. The summed E-state index contributed by atoms with van der Waals surface area (Å²) in [6, 6.07) is 12.0. The molecular weight excluding hydrogens is 386 g/mol. The molecule has 0 atom stereocenters. The van der Waals surface area contributed by atoms with Crippen LogP contribution in [0, 0.1) is 0 Å². The number of aliphatic carboxylic acids is 1. The molecule has 0 unspecified atom stereocenters. The van der Waals surface area contributed by atoms with Crippen molar-refractivity contribution in [2.45, 2.75) is 6.42 Å². The van der Waals surface area contributed by atoms with Crippen molar-refractivity contribution in [3.63, 3.8) is 0 Å². The molecule has 146 valence electrons. The Labute approximate surface area is 166 Å². The molecule has 1 heterocycles. The van der Waals surface area contributed by atoms with Crippen LogP contribution in [0.5, 0.6) is 17.2 Å². The van der Waals surface area contributed by atoms with Crippen LogP contribution in [0.3, 0.4) is 0 Å². The molecule has 1 aromatic heterocycles. The van der Waals surface area contributed by atoms with Gasteiger partial charge in [0.25, 0.3) is 0 Å². The summed E-state index contributed by atoms with van der Waals surface area (Å²) < 4.78 is 21.8. The lowest BCUT2D eigenvalue weighted by Crippen LogP contribution is -2.09. The second kappa shape index (κ2) is 9.66. The predicted octanol–water partition coefficient (Wildman–Crippen LogP) is 4.31. The number of rotatable bonds is 10. The number of oxazole rings is 1. The van der Waals surface area contributed by atoms with E-state index >= 15 is 0 Å². The lowest BCUT2D eigenvalue weighted by Gasteiger charge is -2.11. The van der Waals surface area contributed by atoms with Gasteiger partial charge in [-0.1, -0.05) is 11.6 Å². The zero-order chi connectivity index (χ0) is 19.8. The fraction of sp³-hybridized carbons (Fsp3) is 0.200. The minimum Gasteiger partial charge on any atom is -0.493 e. The van der Waals surface area contributed by atoms with Gasteiger partial charge in [0, 0.05) is 11.4 Å². The topological polar surface area (TPSA) is 91.0 Å². The van der Waals surface area contributed by atoms with Crippen LogP contribution in [-0.4, -0.2) is 35.9 Å². The van der Waals surface area contributed by atoms with Gasteiger partial charge in [-0.25, -0.2) is 9.78 Å². The van der Waals surface area contributed by atoms with Crippen molar-refractivity contribution in [2.24, 2.45) is 0 Å². The van der Waals surface area contributed by atoms with Gasteiger partial charge in [-0.2, -0.15) is 0 Å². The highest BCUT2D eigenvalue weighted by atomic mass is 35.5. The van der Waals surface area contributed by atoms with E-state index in [2.05, 4.69) is 4.98 Å². The Morgan fingerprint density at radius 3 is 2.43 bits per heavy atom. The van der Waals surface area contributed by atoms with E-state index in [0.717, 1.165) is 0 Å². The first-order valence-electron chi connectivity index (χ1n) is 8.51. The molecule has 0 fully saturated rings. The molecule has 1 N–H and O–H groups in total. The Kier molecular flexibility index (Phi) is 6.75. The van der Waals surface area contributed by atoms with Crippen molar-refractivity contribution in [2.75, 3.05) is 19.8 Å². The second-order valence-electron chi connectivity index (χ2n) is 5.68. The normalized spacial score (nSPS) is 10.5. The molecule has 0 saturated heterocycles. The number of aromatic nitrogens is 1. The average molecular weight is 404 g/mol. The smallest absolute Gasteiger partial charge is 0.341 e. The largest absolute Gasteiger partial charge is 0.493 e. The first kappa shape index (κ1) is 19.6. The Hall–Kier alpha value is -3.19. The number of carbonyl (C=O) groups is 1. The Balaban J connectivity index is 1.45. The van der Waals surface area contributed by atoms with Gasteiger partial charge in [0.1, 0.15) is 23.5 Å². The number of carboxylic acids is 1. The molecule has 28 heavy (non-hydrogen) atoms. The molecule has 0 saturated carbocycles. The average Bonchev–Trinajstić information content (AvgIpc) is 3.22. The SMILES string of the molecule is O=C(O)COc1ccc(OCCCOc2ccc(Cl)cc2-c2ncco2)cc1. The van der Waals surface area contributed by atoms with Gasteiger partial charge < -0.3 is 23.7 Å². The van der Waals surface area contributed by atoms with Crippen LogP contribution in [0.1, 0.15) is 6.42 Å². The summed E-state index contributed by atoms with van der Waals surface area (Å²) in [7, 11) is 0. The van der Waals surface area contributed by atoms with Crippen LogP contribution in [0.15, 0.2) is 59.3 Å².